The molecule has 11 nitrogen and oxygen atoms in total. The summed E-state index contributed by atoms with van der Waals surface area (Å²) in [6.45, 7) is 8.82. The lowest BCUT2D eigenvalue weighted by Crippen LogP contribution is -2.36. The lowest BCUT2D eigenvalue weighted by Gasteiger charge is -2.18. The van der Waals surface area contributed by atoms with Gasteiger partial charge in [0.15, 0.2) is 12.2 Å². The number of hydrogen-bond donors (Lipinski definition) is 0. The number of unbranched alkanes of at least 4 members (excludes halogenated alkanes) is 2. The molecule has 0 aliphatic carbocycles. The molecule has 4 rings (SSSR count). The van der Waals surface area contributed by atoms with Crippen molar-refractivity contribution < 1.29 is 52.3 Å². The summed E-state index contributed by atoms with van der Waals surface area (Å²) in [4.78, 5) is 34.9. The zero-order valence-corrected chi connectivity index (χ0v) is 24.6. The number of ether oxygens (including phenoxy) is 8. The summed E-state index contributed by atoms with van der Waals surface area (Å²) in [7, 11) is 0. The molecular weight excluding hydrogens is 572 g/mol. The van der Waals surface area contributed by atoms with Gasteiger partial charge in [-0.15, -0.1) is 0 Å². The number of carbonyl (C=O) groups excluding carboxylic acids is 3. The molecule has 2 aliphatic heterocycles. The first-order valence-corrected chi connectivity index (χ1v) is 14.6. The highest BCUT2D eigenvalue weighted by molar-refractivity contribution is 5.89. The molecule has 0 aromatic heterocycles. The predicted molar refractivity (Wildman–Crippen MR) is 158 cm³/mol. The Morgan fingerprint density at radius 3 is 1.66 bits per heavy atom. The number of esters is 3. The molecule has 0 amide bonds. The van der Waals surface area contributed by atoms with Crippen LogP contribution in [0.25, 0.3) is 0 Å². The summed E-state index contributed by atoms with van der Waals surface area (Å²) in [5.41, 5.74) is 0.390. The fraction of sp³-hybridized carbons (Fsp3) is 0.424. The zero-order valence-electron chi connectivity index (χ0n) is 24.6. The van der Waals surface area contributed by atoms with Crippen molar-refractivity contribution in [2.75, 3.05) is 39.6 Å². The van der Waals surface area contributed by atoms with E-state index in [9.17, 15) is 14.4 Å². The molecule has 2 aromatic rings. The fourth-order valence-corrected chi connectivity index (χ4v) is 4.56. The van der Waals surface area contributed by atoms with Crippen LogP contribution in [0.3, 0.4) is 0 Å². The minimum atomic E-state index is -0.553. The van der Waals surface area contributed by atoms with Crippen molar-refractivity contribution >= 4 is 17.9 Å². The van der Waals surface area contributed by atoms with Gasteiger partial charge in [-0.25, -0.2) is 14.4 Å². The molecule has 44 heavy (non-hydrogen) atoms. The number of hydrogen-bond acceptors (Lipinski definition) is 11. The number of fused-ring (bicyclic) bond motifs is 1. The molecule has 0 N–H and O–H groups in total. The lowest BCUT2D eigenvalue weighted by atomic mass is 10.1. The van der Waals surface area contributed by atoms with E-state index in [2.05, 4.69) is 13.2 Å². The summed E-state index contributed by atoms with van der Waals surface area (Å²) in [6.07, 6.45) is 3.40. The average molecular weight is 611 g/mol. The highest BCUT2D eigenvalue weighted by Gasteiger charge is 2.50. The first-order valence-electron chi connectivity index (χ1n) is 14.6. The lowest BCUT2D eigenvalue weighted by molar-refractivity contribution is -0.138. The van der Waals surface area contributed by atoms with Crippen LogP contribution in [-0.2, 0) is 33.3 Å². The summed E-state index contributed by atoms with van der Waals surface area (Å²) in [6, 6.07) is 14.0. The molecule has 0 unspecified atom stereocenters. The zero-order chi connectivity index (χ0) is 31.1. The number of carbonyl (C=O) groups is 3. The maximum absolute atomic E-state index is 12.8. The monoisotopic (exact) mass is 610 g/mol. The van der Waals surface area contributed by atoms with E-state index in [-0.39, 0.29) is 18.8 Å². The second-order valence-electron chi connectivity index (χ2n) is 10.0. The van der Waals surface area contributed by atoms with Crippen molar-refractivity contribution in [3.8, 4) is 17.2 Å². The van der Waals surface area contributed by atoms with Crippen LogP contribution in [0.2, 0.25) is 0 Å². The molecule has 11 heteroatoms. The van der Waals surface area contributed by atoms with Crippen LogP contribution in [0.4, 0.5) is 0 Å². The largest absolute Gasteiger partial charge is 0.494 e. The standard InChI is InChI=1S/C33H38O11/c1-3-29(34)39-19-7-5-17-37-24-11-9-23(10-12-24)33(36)44-28-22-42-31-27(21-41-32(28)31)43-26-15-13-25(14-16-26)38-18-6-8-20-40-30(35)4-2/h3-4,9-16,27-28,31-32H,1-2,5-8,17-22H2/t27-,28+,31-,32-/m1/s1. The molecular formula is C33H38O11. The third-order valence-electron chi connectivity index (χ3n) is 6.86. The maximum atomic E-state index is 12.8. The van der Waals surface area contributed by atoms with Gasteiger partial charge >= 0.3 is 17.9 Å². The number of rotatable bonds is 18. The van der Waals surface area contributed by atoms with Gasteiger partial charge in [-0.05, 0) is 74.2 Å². The summed E-state index contributed by atoms with van der Waals surface area (Å²) < 4.78 is 44.9. The Kier molecular flexibility index (Phi) is 12.6. The van der Waals surface area contributed by atoms with Gasteiger partial charge < -0.3 is 37.9 Å². The van der Waals surface area contributed by atoms with Crippen molar-refractivity contribution in [2.45, 2.75) is 50.1 Å². The van der Waals surface area contributed by atoms with Gasteiger partial charge in [-0.3, -0.25) is 0 Å². The third kappa shape index (κ3) is 9.85. The molecule has 0 saturated carbocycles. The molecule has 2 saturated heterocycles. The molecule has 2 aliphatic rings. The van der Waals surface area contributed by atoms with E-state index >= 15 is 0 Å². The van der Waals surface area contributed by atoms with E-state index in [1.807, 2.05) is 24.3 Å². The Morgan fingerprint density at radius 1 is 0.659 bits per heavy atom. The second-order valence-corrected chi connectivity index (χ2v) is 10.0. The summed E-state index contributed by atoms with van der Waals surface area (Å²) in [5.74, 6) is 0.626. The Morgan fingerprint density at radius 2 is 1.11 bits per heavy atom. The Hall–Kier alpha value is -4.35. The molecule has 2 aromatic carbocycles. The normalized spacial score (nSPS) is 20.2. The van der Waals surface area contributed by atoms with Crippen LogP contribution in [0.5, 0.6) is 17.2 Å². The Labute approximate surface area is 256 Å². The fourth-order valence-electron chi connectivity index (χ4n) is 4.56. The highest BCUT2D eigenvalue weighted by atomic mass is 16.7. The first-order chi connectivity index (χ1) is 21.5. The number of benzene rings is 2. The third-order valence-corrected chi connectivity index (χ3v) is 6.86. The SMILES string of the molecule is C=CC(=O)OCCCCOc1ccc(O[C@@H]2CO[C@H]3[C@@H]2OC[C@@H]3OC(=O)c2ccc(OCCCCOC(=O)C=C)cc2)cc1. The van der Waals surface area contributed by atoms with Crippen LogP contribution >= 0.6 is 0 Å². The molecule has 2 fully saturated rings. The van der Waals surface area contributed by atoms with E-state index in [4.69, 9.17) is 37.9 Å². The topological polar surface area (TPSA) is 125 Å². The van der Waals surface area contributed by atoms with Crippen LogP contribution in [0.1, 0.15) is 36.0 Å². The van der Waals surface area contributed by atoms with Crippen molar-refractivity contribution in [3.63, 3.8) is 0 Å². The summed E-state index contributed by atoms with van der Waals surface area (Å²) >= 11 is 0. The van der Waals surface area contributed by atoms with E-state index < -0.39 is 30.1 Å². The van der Waals surface area contributed by atoms with Gasteiger partial charge in [0.2, 0.25) is 0 Å². The molecule has 0 radical (unpaired) electrons. The smallest absolute Gasteiger partial charge is 0.338 e. The van der Waals surface area contributed by atoms with Gasteiger partial charge in [0.25, 0.3) is 0 Å². The van der Waals surface area contributed by atoms with Gasteiger partial charge in [0.05, 0.1) is 45.2 Å². The van der Waals surface area contributed by atoms with E-state index in [1.165, 1.54) is 0 Å². The molecule has 4 atom stereocenters. The van der Waals surface area contributed by atoms with E-state index in [0.29, 0.717) is 75.1 Å². The van der Waals surface area contributed by atoms with Gasteiger partial charge in [0, 0.05) is 12.2 Å². The van der Waals surface area contributed by atoms with Crippen molar-refractivity contribution in [3.05, 3.63) is 79.4 Å². The van der Waals surface area contributed by atoms with Crippen LogP contribution < -0.4 is 14.2 Å². The first kappa shape index (κ1) is 32.6. The molecule has 0 spiro atoms. The quantitative estimate of drug-likeness (QED) is 0.104. The molecule has 236 valence electrons. The minimum Gasteiger partial charge on any atom is -0.494 e. The average Bonchev–Trinajstić information content (AvgIpc) is 3.64. The van der Waals surface area contributed by atoms with E-state index in [1.54, 1.807) is 24.3 Å². The van der Waals surface area contributed by atoms with Crippen molar-refractivity contribution in [1.82, 2.24) is 0 Å². The van der Waals surface area contributed by atoms with Crippen LogP contribution in [0, 0.1) is 0 Å². The van der Waals surface area contributed by atoms with E-state index in [0.717, 1.165) is 18.6 Å². The Balaban J connectivity index is 1.14. The van der Waals surface area contributed by atoms with Crippen molar-refractivity contribution in [1.29, 1.82) is 0 Å². The van der Waals surface area contributed by atoms with Crippen LogP contribution in [-0.4, -0.2) is 82.0 Å². The Bertz CT molecular complexity index is 1240. The summed E-state index contributed by atoms with van der Waals surface area (Å²) in [5, 5.41) is 0. The molecule has 2 heterocycles. The predicted octanol–water partition coefficient (Wildman–Crippen LogP) is 4.23. The van der Waals surface area contributed by atoms with Crippen molar-refractivity contribution in [2.24, 2.45) is 0 Å². The minimum absolute atomic E-state index is 0.212. The van der Waals surface area contributed by atoms with Gasteiger partial charge in [-0.1, -0.05) is 13.2 Å². The van der Waals surface area contributed by atoms with Crippen LogP contribution in [0.15, 0.2) is 73.8 Å². The van der Waals surface area contributed by atoms with Gasteiger partial charge in [0.1, 0.15) is 29.5 Å². The highest BCUT2D eigenvalue weighted by Crippen LogP contribution is 2.32. The second kappa shape index (κ2) is 17.1. The molecule has 0 bridgehead atoms. The van der Waals surface area contributed by atoms with Gasteiger partial charge in [-0.2, -0.15) is 0 Å². The maximum Gasteiger partial charge on any atom is 0.338 e.